The molecule has 1 aliphatic heterocycles. The van der Waals surface area contributed by atoms with Crippen LogP contribution >= 0.6 is 23.4 Å². The smallest absolute Gasteiger partial charge is 0.305 e. The molecule has 1 unspecified atom stereocenters. The predicted molar refractivity (Wildman–Crippen MR) is 84.8 cm³/mol. The van der Waals surface area contributed by atoms with Gasteiger partial charge in [0.15, 0.2) is 5.17 Å². The van der Waals surface area contributed by atoms with Gasteiger partial charge in [-0.25, -0.2) is 0 Å². The molecule has 0 aromatic heterocycles. The number of halogens is 1. The average Bonchev–Trinajstić information content (AvgIpc) is 2.78. The van der Waals surface area contributed by atoms with Gasteiger partial charge >= 0.3 is 5.97 Å². The van der Waals surface area contributed by atoms with Crippen LogP contribution in [-0.2, 0) is 9.59 Å². The summed E-state index contributed by atoms with van der Waals surface area (Å²) in [6.07, 6.45) is 1.21. The summed E-state index contributed by atoms with van der Waals surface area (Å²) < 4.78 is 5.04. The van der Waals surface area contributed by atoms with Crippen LogP contribution in [0.4, 0.5) is 0 Å². The Balaban J connectivity index is 2.01. The number of rotatable bonds is 5. The first-order chi connectivity index (χ1) is 10.5. The normalized spacial score (nSPS) is 19.6. The van der Waals surface area contributed by atoms with Gasteiger partial charge in [-0.2, -0.15) is 5.10 Å². The number of thioether (sulfide) groups is 1. The summed E-state index contributed by atoms with van der Waals surface area (Å²) in [5.74, 6) is -0.862. The minimum absolute atomic E-state index is 0.257. The second kappa shape index (κ2) is 7.28. The summed E-state index contributed by atoms with van der Waals surface area (Å²) in [5, 5.41) is 18.9. The number of nitrogens with one attached hydrogen (secondary N) is 1. The van der Waals surface area contributed by atoms with E-state index in [1.165, 1.54) is 13.3 Å². The molecule has 1 saturated heterocycles. The van der Waals surface area contributed by atoms with Gasteiger partial charge < -0.3 is 15.2 Å². The number of methoxy groups -OCH3 is 1. The number of aliphatic carboxylic acids is 1. The number of hydrogen-bond acceptors (Lipinski definition) is 6. The van der Waals surface area contributed by atoms with Gasteiger partial charge in [0, 0.05) is 0 Å². The second-order valence-corrected chi connectivity index (χ2v) is 5.84. The molecule has 1 atom stereocenters. The molecular formula is C13H12ClN3O4S. The zero-order chi connectivity index (χ0) is 16.1. The summed E-state index contributed by atoms with van der Waals surface area (Å²) in [6, 6.07) is 5.12. The lowest BCUT2D eigenvalue weighted by molar-refractivity contribution is -0.138. The van der Waals surface area contributed by atoms with Gasteiger partial charge in [-0.1, -0.05) is 23.4 Å². The topological polar surface area (TPSA) is 100 Å². The number of carboxylic acids is 1. The number of carbonyl (C=O) groups excluding carboxylic acids is 1. The molecule has 1 amide bonds. The Labute approximate surface area is 135 Å². The maximum Gasteiger partial charge on any atom is 0.305 e. The molecule has 9 heteroatoms. The first-order valence-electron chi connectivity index (χ1n) is 6.13. The molecule has 2 rings (SSSR count). The van der Waals surface area contributed by atoms with Crippen molar-refractivity contribution in [2.45, 2.75) is 11.7 Å². The van der Waals surface area contributed by atoms with Crippen LogP contribution in [0.1, 0.15) is 12.0 Å². The molecule has 0 radical (unpaired) electrons. The molecule has 22 heavy (non-hydrogen) atoms. The van der Waals surface area contributed by atoms with Crippen LogP contribution in [-0.4, -0.2) is 40.7 Å². The molecule has 0 aliphatic carbocycles. The molecule has 0 saturated carbocycles. The van der Waals surface area contributed by atoms with Crippen LogP contribution in [0, 0.1) is 0 Å². The Morgan fingerprint density at radius 2 is 2.36 bits per heavy atom. The van der Waals surface area contributed by atoms with Crippen LogP contribution in [0.5, 0.6) is 5.75 Å². The van der Waals surface area contributed by atoms with E-state index < -0.39 is 11.2 Å². The van der Waals surface area contributed by atoms with Crippen molar-refractivity contribution in [1.82, 2.24) is 5.32 Å². The molecular weight excluding hydrogens is 330 g/mol. The van der Waals surface area contributed by atoms with Crippen molar-refractivity contribution >= 4 is 46.6 Å². The first-order valence-corrected chi connectivity index (χ1v) is 7.39. The molecule has 1 fully saturated rings. The highest BCUT2D eigenvalue weighted by atomic mass is 35.5. The third kappa shape index (κ3) is 4.22. The Hall–Kier alpha value is -2.06. The van der Waals surface area contributed by atoms with E-state index in [2.05, 4.69) is 15.5 Å². The van der Waals surface area contributed by atoms with Crippen molar-refractivity contribution in [3.63, 3.8) is 0 Å². The first kappa shape index (κ1) is 16.3. The lowest BCUT2D eigenvalue weighted by Gasteiger charge is -2.02. The Morgan fingerprint density at radius 3 is 3.00 bits per heavy atom. The van der Waals surface area contributed by atoms with Crippen molar-refractivity contribution in [1.29, 1.82) is 0 Å². The number of nitrogens with zero attached hydrogens (tertiary/aromatic N) is 2. The number of carbonyl (C=O) groups is 2. The maximum absolute atomic E-state index is 11.5. The molecule has 0 bridgehead atoms. The number of benzene rings is 1. The van der Waals surface area contributed by atoms with Gasteiger partial charge in [0.1, 0.15) is 11.0 Å². The van der Waals surface area contributed by atoms with E-state index in [0.29, 0.717) is 16.3 Å². The van der Waals surface area contributed by atoms with Gasteiger partial charge in [-0.15, -0.1) is 5.10 Å². The number of amides is 1. The minimum Gasteiger partial charge on any atom is -0.495 e. The average molecular weight is 342 g/mol. The van der Waals surface area contributed by atoms with Gasteiger partial charge in [-0.3, -0.25) is 9.59 Å². The summed E-state index contributed by atoms with van der Waals surface area (Å²) in [6.45, 7) is 0. The van der Waals surface area contributed by atoms with Crippen LogP contribution in [0.25, 0.3) is 0 Å². The largest absolute Gasteiger partial charge is 0.495 e. The molecule has 0 spiro atoms. The molecule has 1 aromatic rings. The Kier molecular flexibility index (Phi) is 5.40. The predicted octanol–water partition coefficient (Wildman–Crippen LogP) is 1.74. The van der Waals surface area contributed by atoms with Crippen molar-refractivity contribution < 1.29 is 19.4 Å². The second-order valence-electron chi connectivity index (χ2n) is 4.24. The minimum atomic E-state index is -1.04. The highest BCUT2D eigenvalue weighted by molar-refractivity contribution is 8.15. The fourth-order valence-electron chi connectivity index (χ4n) is 1.66. The molecule has 1 aliphatic rings. The summed E-state index contributed by atoms with van der Waals surface area (Å²) >= 11 is 7.02. The van der Waals surface area contributed by atoms with E-state index >= 15 is 0 Å². The highest BCUT2D eigenvalue weighted by Gasteiger charge is 2.32. The highest BCUT2D eigenvalue weighted by Crippen LogP contribution is 2.24. The standard InChI is InChI=1S/C13H12ClN3O4S/c1-21-9-3-2-7(4-8(9)14)6-15-17-13-16-12(20)10(22-13)5-11(18)19/h2-4,6,10H,5H2,1H3,(H,18,19)(H,16,17,20)/b15-6+. The van der Waals surface area contributed by atoms with E-state index in [9.17, 15) is 9.59 Å². The molecule has 116 valence electrons. The maximum atomic E-state index is 11.5. The molecule has 7 nitrogen and oxygen atoms in total. The summed E-state index contributed by atoms with van der Waals surface area (Å²) in [4.78, 5) is 22.1. The van der Waals surface area contributed by atoms with Crippen LogP contribution in [0.15, 0.2) is 28.4 Å². The van der Waals surface area contributed by atoms with Crippen LogP contribution < -0.4 is 10.1 Å². The number of carboxylic acid groups (broad SMARTS) is 1. The van der Waals surface area contributed by atoms with E-state index in [-0.39, 0.29) is 17.5 Å². The van der Waals surface area contributed by atoms with E-state index in [0.717, 1.165) is 11.8 Å². The number of ether oxygens (including phenoxy) is 1. The quantitative estimate of drug-likeness (QED) is 0.627. The van der Waals surface area contributed by atoms with E-state index in [4.69, 9.17) is 21.4 Å². The monoisotopic (exact) mass is 341 g/mol. The molecule has 1 aromatic carbocycles. The lowest BCUT2D eigenvalue weighted by Crippen LogP contribution is -2.26. The Bertz CT molecular complexity index is 663. The van der Waals surface area contributed by atoms with Gasteiger partial charge in [0.25, 0.3) is 0 Å². The van der Waals surface area contributed by atoms with Crippen molar-refractivity contribution in [3.05, 3.63) is 28.8 Å². The summed E-state index contributed by atoms with van der Waals surface area (Å²) in [7, 11) is 1.52. The van der Waals surface area contributed by atoms with E-state index in [1.54, 1.807) is 18.2 Å². The SMILES string of the molecule is COc1ccc(/C=N/N=C2\NC(=O)C(CC(=O)O)S2)cc1Cl. The van der Waals surface area contributed by atoms with Gasteiger partial charge in [-0.05, 0) is 23.8 Å². The van der Waals surface area contributed by atoms with Crippen molar-refractivity contribution in [2.24, 2.45) is 10.2 Å². The van der Waals surface area contributed by atoms with Crippen molar-refractivity contribution in [3.8, 4) is 5.75 Å². The zero-order valence-corrected chi connectivity index (χ0v) is 13.0. The third-order valence-electron chi connectivity index (χ3n) is 2.67. The number of amidine groups is 1. The third-order valence-corrected chi connectivity index (χ3v) is 4.04. The Morgan fingerprint density at radius 1 is 1.59 bits per heavy atom. The van der Waals surface area contributed by atoms with Crippen molar-refractivity contribution in [2.75, 3.05) is 7.11 Å². The van der Waals surface area contributed by atoms with Crippen LogP contribution in [0.3, 0.4) is 0 Å². The van der Waals surface area contributed by atoms with Gasteiger partial charge in [0.05, 0.1) is 24.8 Å². The zero-order valence-electron chi connectivity index (χ0n) is 11.4. The lowest BCUT2D eigenvalue weighted by atomic mass is 10.2. The van der Waals surface area contributed by atoms with E-state index in [1.807, 2.05) is 0 Å². The fourth-order valence-corrected chi connectivity index (χ4v) is 2.84. The fraction of sp³-hybridized carbons (Fsp3) is 0.231. The molecule has 1 heterocycles. The van der Waals surface area contributed by atoms with Crippen LogP contribution in [0.2, 0.25) is 5.02 Å². The molecule has 2 N–H and O–H groups in total. The number of hydrogen-bond donors (Lipinski definition) is 2. The van der Waals surface area contributed by atoms with Gasteiger partial charge in [0.2, 0.25) is 5.91 Å². The summed E-state index contributed by atoms with van der Waals surface area (Å²) in [5.41, 5.74) is 0.714.